The average molecular weight is 308 g/mol. The maximum absolute atomic E-state index is 13.0. The number of fused-ring (bicyclic) bond motifs is 2. The SMILES string of the molecule is COc1cccnc1N(C)C(=O)C1CC12CCc1ccccc12. The molecule has 2 atom stereocenters. The van der Waals surface area contributed by atoms with E-state index >= 15 is 0 Å². The molecule has 2 aliphatic rings. The summed E-state index contributed by atoms with van der Waals surface area (Å²) < 4.78 is 5.33. The van der Waals surface area contributed by atoms with E-state index in [4.69, 9.17) is 4.74 Å². The first-order valence-corrected chi connectivity index (χ1v) is 8.02. The third-order valence-electron chi connectivity index (χ3n) is 5.39. The summed E-state index contributed by atoms with van der Waals surface area (Å²) in [6.45, 7) is 0. The first kappa shape index (κ1) is 14.2. The highest BCUT2D eigenvalue weighted by Crippen LogP contribution is 2.62. The van der Waals surface area contributed by atoms with Crippen LogP contribution in [0.4, 0.5) is 5.82 Å². The van der Waals surface area contributed by atoms with Gasteiger partial charge in [0, 0.05) is 24.6 Å². The van der Waals surface area contributed by atoms with Gasteiger partial charge in [0.05, 0.1) is 7.11 Å². The molecule has 0 bridgehead atoms. The zero-order valence-corrected chi connectivity index (χ0v) is 13.5. The Morgan fingerprint density at radius 2 is 2.13 bits per heavy atom. The third kappa shape index (κ3) is 2.05. The first-order valence-electron chi connectivity index (χ1n) is 8.02. The van der Waals surface area contributed by atoms with E-state index in [1.165, 1.54) is 11.1 Å². The molecule has 4 nitrogen and oxygen atoms in total. The lowest BCUT2D eigenvalue weighted by atomic mass is 9.95. The van der Waals surface area contributed by atoms with Crippen molar-refractivity contribution in [3.8, 4) is 5.75 Å². The van der Waals surface area contributed by atoms with Gasteiger partial charge < -0.3 is 4.74 Å². The minimum Gasteiger partial charge on any atom is -0.493 e. The fourth-order valence-electron chi connectivity index (χ4n) is 4.05. The standard InChI is InChI=1S/C19H20N2O2/c1-21(17-16(23-2)8-5-11-20-17)18(22)15-12-19(15)10-9-13-6-3-4-7-14(13)19/h3-8,11,15H,9-10,12H2,1-2H3. The van der Waals surface area contributed by atoms with E-state index in [2.05, 4.69) is 29.2 Å². The zero-order chi connectivity index (χ0) is 16.0. The number of nitrogens with zero attached hydrogens (tertiary/aromatic N) is 2. The molecular formula is C19H20N2O2. The summed E-state index contributed by atoms with van der Waals surface area (Å²) in [6, 6.07) is 12.2. The highest BCUT2D eigenvalue weighted by Gasteiger charge is 2.62. The Balaban J connectivity index is 1.60. The van der Waals surface area contributed by atoms with Crippen LogP contribution in [0.3, 0.4) is 0 Å². The van der Waals surface area contributed by atoms with E-state index in [1.54, 1.807) is 25.3 Å². The second-order valence-corrected chi connectivity index (χ2v) is 6.50. The monoisotopic (exact) mass is 308 g/mol. The smallest absolute Gasteiger partial charge is 0.232 e. The van der Waals surface area contributed by atoms with Crippen LogP contribution in [0.25, 0.3) is 0 Å². The molecule has 0 radical (unpaired) electrons. The fourth-order valence-corrected chi connectivity index (χ4v) is 4.05. The molecule has 1 saturated carbocycles. The lowest BCUT2D eigenvalue weighted by Crippen LogP contribution is -2.31. The van der Waals surface area contributed by atoms with Crippen molar-refractivity contribution in [2.45, 2.75) is 24.7 Å². The summed E-state index contributed by atoms with van der Waals surface area (Å²) in [5, 5.41) is 0. The van der Waals surface area contributed by atoms with Crippen LogP contribution in [0.1, 0.15) is 24.0 Å². The number of carbonyl (C=O) groups excluding carboxylic acids is 1. The summed E-state index contributed by atoms with van der Waals surface area (Å²) >= 11 is 0. The molecule has 1 fully saturated rings. The molecule has 1 spiro atoms. The normalized spacial score (nSPS) is 24.3. The number of carbonyl (C=O) groups is 1. The predicted octanol–water partition coefficient (Wildman–Crippen LogP) is 2.96. The quantitative estimate of drug-likeness (QED) is 0.875. The molecule has 2 unspecified atom stereocenters. The Hall–Kier alpha value is -2.36. The number of aromatic nitrogens is 1. The molecule has 1 heterocycles. The molecule has 0 aliphatic heterocycles. The Morgan fingerprint density at radius 1 is 1.30 bits per heavy atom. The molecule has 1 aromatic heterocycles. The number of hydrogen-bond acceptors (Lipinski definition) is 3. The van der Waals surface area contributed by atoms with Gasteiger partial charge in [0.25, 0.3) is 0 Å². The van der Waals surface area contributed by atoms with E-state index in [-0.39, 0.29) is 17.2 Å². The fraction of sp³-hybridized carbons (Fsp3) is 0.368. The zero-order valence-electron chi connectivity index (χ0n) is 13.5. The number of aryl methyl sites for hydroxylation is 1. The van der Waals surface area contributed by atoms with Crippen LogP contribution in [0.15, 0.2) is 42.6 Å². The van der Waals surface area contributed by atoms with Crippen molar-refractivity contribution in [2.75, 3.05) is 19.1 Å². The molecule has 4 rings (SSSR count). The first-order chi connectivity index (χ1) is 11.2. The second-order valence-electron chi connectivity index (χ2n) is 6.50. The molecule has 0 saturated heterocycles. The molecular weight excluding hydrogens is 288 g/mol. The molecule has 1 aromatic carbocycles. The van der Waals surface area contributed by atoms with Crippen LogP contribution >= 0.6 is 0 Å². The number of ether oxygens (including phenoxy) is 1. The average Bonchev–Trinajstić information content (AvgIpc) is 3.22. The van der Waals surface area contributed by atoms with Gasteiger partial charge in [-0.15, -0.1) is 0 Å². The largest absolute Gasteiger partial charge is 0.493 e. The van der Waals surface area contributed by atoms with Gasteiger partial charge in [-0.3, -0.25) is 9.69 Å². The van der Waals surface area contributed by atoms with E-state index < -0.39 is 0 Å². The second kappa shape index (κ2) is 5.08. The van der Waals surface area contributed by atoms with Crippen LogP contribution in [-0.4, -0.2) is 25.0 Å². The Bertz CT molecular complexity index is 773. The van der Waals surface area contributed by atoms with Crippen molar-refractivity contribution < 1.29 is 9.53 Å². The number of anilines is 1. The van der Waals surface area contributed by atoms with Gasteiger partial charge >= 0.3 is 0 Å². The van der Waals surface area contributed by atoms with Crippen LogP contribution < -0.4 is 9.64 Å². The highest BCUT2D eigenvalue weighted by atomic mass is 16.5. The van der Waals surface area contributed by atoms with Crippen LogP contribution in [0.5, 0.6) is 5.75 Å². The Labute approximate surface area is 136 Å². The number of amides is 1. The van der Waals surface area contributed by atoms with Crippen molar-refractivity contribution in [3.63, 3.8) is 0 Å². The summed E-state index contributed by atoms with van der Waals surface area (Å²) in [4.78, 5) is 18.9. The Kier molecular flexibility index (Phi) is 3.15. The van der Waals surface area contributed by atoms with E-state index in [9.17, 15) is 4.79 Å². The number of benzene rings is 1. The summed E-state index contributed by atoms with van der Waals surface area (Å²) in [5.41, 5.74) is 2.84. The topological polar surface area (TPSA) is 42.4 Å². The number of rotatable bonds is 3. The Morgan fingerprint density at radius 3 is 2.96 bits per heavy atom. The number of hydrogen-bond donors (Lipinski definition) is 0. The van der Waals surface area contributed by atoms with Crippen molar-refractivity contribution >= 4 is 11.7 Å². The molecule has 1 amide bonds. The number of pyridine rings is 1. The van der Waals surface area contributed by atoms with Crippen LogP contribution in [-0.2, 0) is 16.6 Å². The minimum atomic E-state index is 0.0582. The summed E-state index contributed by atoms with van der Waals surface area (Å²) in [5.74, 6) is 1.42. The van der Waals surface area contributed by atoms with Crippen molar-refractivity contribution in [3.05, 3.63) is 53.7 Å². The van der Waals surface area contributed by atoms with Gasteiger partial charge in [-0.2, -0.15) is 0 Å². The van der Waals surface area contributed by atoms with Gasteiger partial charge in [0.15, 0.2) is 11.6 Å². The lowest BCUT2D eigenvalue weighted by Gasteiger charge is -2.20. The van der Waals surface area contributed by atoms with Crippen LogP contribution in [0.2, 0.25) is 0 Å². The molecule has 0 N–H and O–H groups in total. The minimum absolute atomic E-state index is 0.0582. The van der Waals surface area contributed by atoms with E-state index in [0.717, 1.165) is 19.3 Å². The van der Waals surface area contributed by atoms with Gasteiger partial charge in [0.1, 0.15) is 0 Å². The van der Waals surface area contributed by atoms with Crippen molar-refractivity contribution in [2.24, 2.45) is 5.92 Å². The molecule has 118 valence electrons. The van der Waals surface area contributed by atoms with Gasteiger partial charge in [-0.1, -0.05) is 24.3 Å². The number of methoxy groups -OCH3 is 1. The van der Waals surface area contributed by atoms with Gasteiger partial charge in [0.2, 0.25) is 5.91 Å². The summed E-state index contributed by atoms with van der Waals surface area (Å²) in [6.07, 6.45) is 4.80. The molecule has 2 aliphatic carbocycles. The molecule has 4 heteroatoms. The van der Waals surface area contributed by atoms with Gasteiger partial charge in [-0.05, 0) is 42.5 Å². The van der Waals surface area contributed by atoms with Crippen LogP contribution in [0, 0.1) is 5.92 Å². The highest BCUT2D eigenvalue weighted by molar-refractivity contribution is 5.98. The van der Waals surface area contributed by atoms with Crippen molar-refractivity contribution in [1.29, 1.82) is 0 Å². The molecule has 2 aromatic rings. The lowest BCUT2D eigenvalue weighted by molar-refractivity contribution is -0.120. The van der Waals surface area contributed by atoms with E-state index in [1.807, 2.05) is 12.1 Å². The van der Waals surface area contributed by atoms with Gasteiger partial charge in [-0.25, -0.2) is 4.98 Å². The van der Waals surface area contributed by atoms with Crippen molar-refractivity contribution in [1.82, 2.24) is 4.98 Å². The maximum atomic E-state index is 13.0. The summed E-state index contributed by atoms with van der Waals surface area (Å²) in [7, 11) is 3.39. The maximum Gasteiger partial charge on any atom is 0.232 e. The van der Waals surface area contributed by atoms with E-state index in [0.29, 0.717) is 11.6 Å². The molecule has 23 heavy (non-hydrogen) atoms. The third-order valence-corrected chi connectivity index (χ3v) is 5.39. The predicted molar refractivity (Wildman–Crippen MR) is 88.7 cm³/mol.